The van der Waals surface area contributed by atoms with Gasteiger partial charge in [0.25, 0.3) is 5.91 Å². The maximum atomic E-state index is 12.3. The van der Waals surface area contributed by atoms with Crippen LogP contribution in [0.4, 0.5) is 0 Å². The molecule has 1 aromatic heterocycles. The highest BCUT2D eigenvalue weighted by atomic mass is 35.5. The zero-order valence-electron chi connectivity index (χ0n) is 12.3. The Morgan fingerprint density at radius 2 is 1.95 bits per heavy atom. The first-order chi connectivity index (χ1) is 9.70. The highest BCUT2D eigenvalue weighted by Crippen LogP contribution is 2.20. The third-order valence-corrected chi connectivity index (χ3v) is 5.37. The van der Waals surface area contributed by atoms with Crippen LogP contribution in [-0.4, -0.2) is 53.8 Å². The van der Waals surface area contributed by atoms with Crippen LogP contribution in [0, 0.1) is 6.92 Å². The van der Waals surface area contributed by atoms with Crippen LogP contribution in [0.3, 0.4) is 0 Å². The van der Waals surface area contributed by atoms with E-state index in [1.54, 1.807) is 14.0 Å². The van der Waals surface area contributed by atoms with E-state index < -0.39 is 10.0 Å². The number of hydrogen-bond acceptors (Lipinski definition) is 4. The summed E-state index contributed by atoms with van der Waals surface area (Å²) < 4.78 is 25.8. The smallest absolute Gasteiger partial charge is 0.256 e. The van der Waals surface area contributed by atoms with Crippen molar-refractivity contribution in [1.29, 1.82) is 0 Å². The number of sulfonamides is 1. The lowest BCUT2D eigenvalue weighted by atomic mass is 10.1. The average molecular weight is 335 g/mol. The summed E-state index contributed by atoms with van der Waals surface area (Å²) in [5.41, 5.74) is 0.957. The topological polar surface area (TPSA) is 84.3 Å². The molecule has 1 N–H and O–H groups in total. The number of carbonyl (C=O) groups is 1. The van der Waals surface area contributed by atoms with Crippen molar-refractivity contribution in [2.75, 3.05) is 19.3 Å². The van der Waals surface area contributed by atoms with Crippen LogP contribution >= 0.6 is 11.6 Å². The second-order valence-corrected chi connectivity index (χ2v) is 7.63. The molecule has 0 unspecified atom stereocenters. The van der Waals surface area contributed by atoms with Gasteiger partial charge in [-0.1, -0.05) is 11.6 Å². The van der Waals surface area contributed by atoms with Crippen molar-refractivity contribution in [3.63, 3.8) is 0 Å². The van der Waals surface area contributed by atoms with Gasteiger partial charge in [0, 0.05) is 26.2 Å². The minimum atomic E-state index is -3.15. The quantitative estimate of drug-likeness (QED) is 0.874. The zero-order valence-corrected chi connectivity index (χ0v) is 13.8. The Hall–Kier alpha value is -1.12. The number of amides is 1. The van der Waals surface area contributed by atoms with Gasteiger partial charge in [0.15, 0.2) is 0 Å². The fraction of sp³-hybridized carbons (Fsp3) is 0.667. The Bertz CT molecular complexity index is 648. The summed E-state index contributed by atoms with van der Waals surface area (Å²) in [5.74, 6) is -0.261. The molecule has 118 valence electrons. The number of nitrogens with zero attached hydrogens (tertiary/aromatic N) is 3. The lowest BCUT2D eigenvalue weighted by molar-refractivity contribution is 0.0923. The molecule has 0 spiro atoms. The molecule has 0 radical (unpaired) electrons. The predicted octanol–water partition coefficient (Wildman–Crippen LogP) is 0.536. The van der Waals surface area contributed by atoms with Crippen LogP contribution in [0.2, 0.25) is 5.15 Å². The summed E-state index contributed by atoms with van der Waals surface area (Å²) in [6.45, 7) is 2.57. The maximum Gasteiger partial charge on any atom is 0.256 e. The molecular formula is C12H19ClN4O3S. The minimum Gasteiger partial charge on any atom is -0.349 e. The van der Waals surface area contributed by atoms with Gasteiger partial charge in [0.2, 0.25) is 10.0 Å². The lowest BCUT2D eigenvalue weighted by Gasteiger charge is -2.30. The van der Waals surface area contributed by atoms with Crippen LogP contribution in [0.5, 0.6) is 0 Å². The molecule has 0 atom stereocenters. The number of aryl methyl sites for hydroxylation is 2. The molecule has 9 heteroatoms. The Balaban J connectivity index is 1.99. The van der Waals surface area contributed by atoms with Crippen molar-refractivity contribution in [2.45, 2.75) is 25.8 Å². The summed E-state index contributed by atoms with van der Waals surface area (Å²) in [7, 11) is -1.48. The second-order valence-electron chi connectivity index (χ2n) is 5.28. The molecule has 2 heterocycles. The normalized spacial score (nSPS) is 17.9. The van der Waals surface area contributed by atoms with Crippen LogP contribution in [0.15, 0.2) is 0 Å². The molecule has 1 aliphatic rings. The first-order valence-corrected chi connectivity index (χ1v) is 8.88. The Morgan fingerprint density at radius 1 is 1.38 bits per heavy atom. The van der Waals surface area contributed by atoms with Gasteiger partial charge in [0.05, 0.1) is 17.5 Å². The molecule has 0 saturated carbocycles. The van der Waals surface area contributed by atoms with Gasteiger partial charge in [0.1, 0.15) is 5.15 Å². The third kappa shape index (κ3) is 3.56. The van der Waals surface area contributed by atoms with Gasteiger partial charge in [-0.25, -0.2) is 12.7 Å². The first-order valence-electron chi connectivity index (χ1n) is 6.65. The molecular weight excluding hydrogens is 316 g/mol. The van der Waals surface area contributed by atoms with Crippen molar-refractivity contribution >= 4 is 27.5 Å². The minimum absolute atomic E-state index is 0.0498. The van der Waals surface area contributed by atoms with E-state index in [0.717, 1.165) is 0 Å². The fourth-order valence-electron chi connectivity index (χ4n) is 2.48. The van der Waals surface area contributed by atoms with Crippen molar-refractivity contribution in [3.05, 3.63) is 16.4 Å². The zero-order chi connectivity index (χ0) is 15.8. The van der Waals surface area contributed by atoms with E-state index in [0.29, 0.717) is 42.3 Å². The Morgan fingerprint density at radius 3 is 2.38 bits per heavy atom. The highest BCUT2D eigenvalue weighted by Gasteiger charge is 2.27. The molecule has 1 amide bonds. The fourth-order valence-corrected chi connectivity index (χ4v) is 3.61. The summed E-state index contributed by atoms with van der Waals surface area (Å²) in [6.07, 6.45) is 2.39. The Labute approximate surface area is 129 Å². The molecule has 0 bridgehead atoms. The van der Waals surface area contributed by atoms with Gasteiger partial charge >= 0.3 is 0 Å². The van der Waals surface area contributed by atoms with E-state index in [-0.39, 0.29) is 11.9 Å². The third-order valence-electron chi connectivity index (χ3n) is 3.64. The van der Waals surface area contributed by atoms with E-state index in [9.17, 15) is 13.2 Å². The maximum absolute atomic E-state index is 12.3. The first kappa shape index (κ1) is 16.3. The molecule has 1 aromatic rings. The highest BCUT2D eigenvalue weighted by molar-refractivity contribution is 7.88. The molecule has 0 aliphatic carbocycles. The Kier molecular flexibility index (Phi) is 4.60. The molecule has 1 fully saturated rings. The van der Waals surface area contributed by atoms with Crippen LogP contribution in [-0.2, 0) is 17.1 Å². The SMILES string of the molecule is Cc1nn(C)c(Cl)c1C(=O)NC1CCN(S(C)(=O)=O)CC1. The van der Waals surface area contributed by atoms with E-state index >= 15 is 0 Å². The molecule has 7 nitrogen and oxygen atoms in total. The standard InChI is InChI=1S/C12H19ClN4O3S/c1-8-10(11(13)16(2)15-8)12(18)14-9-4-6-17(7-5-9)21(3,19)20/h9H,4-7H2,1-3H3,(H,14,18). The number of halogens is 1. The van der Waals surface area contributed by atoms with Gasteiger partial charge in [-0.15, -0.1) is 0 Å². The second kappa shape index (κ2) is 5.94. The number of hydrogen-bond donors (Lipinski definition) is 1. The number of piperidine rings is 1. The number of nitrogens with one attached hydrogen (secondary N) is 1. The summed E-state index contributed by atoms with van der Waals surface area (Å²) >= 11 is 6.06. The monoisotopic (exact) mass is 334 g/mol. The molecule has 21 heavy (non-hydrogen) atoms. The summed E-state index contributed by atoms with van der Waals surface area (Å²) in [6, 6.07) is -0.0498. The molecule has 0 aromatic carbocycles. The molecule has 2 rings (SSSR count). The van der Waals surface area contributed by atoms with Crippen LogP contribution < -0.4 is 5.32 Å². The largest absolute Gasteiger partial charge is 0.349 e. The van der Waals surface area contributed by atoms with E-state index in [1.165, 1.54) is 15.2 Å². The number of rotatable bonds is 3. The predicted molar refractivity (Wildman–Crippen MR) is 79.9 cm³/mol. The average Bonchev–Trinajstić information content (AvgIpc) is 2.62. The van der Waals surface area contributed by atoms with Crippen molar-refractivity contribution in [2.24, 2.45) is 7.05 Å². The van der Waals surface area contributed by atoms with Crippen LogP contribution in [0.1, 0.15) is 28.9 Å². The number of aromatic nitrogens is 2. The van der Waals surface area contributed by atoms with Crippen molar-refractivity contribution in [3.8, 4) is 0 Å². The van der Waals surface area contributed by atoms with Gasteiger partial charge in [-0.3, -0.25) is 9.48 Å². The number of carbonyl (C=O) groups excluding carboxylic acids is 1. The van der Waals surface area contributed by atoms with E-state index in [4.69, 9.17) is 11.6 Å². The van der Waals surface area contributed by atoms with E-state index in [1.807, 2.05) is 0 Å². The van der Waals surface area contributed by atoms with E-state index in [2.05, 4.69) is 10.4 Å². The van der Waals surface area contributed by atoms with Crippen LogP contribution in [0.25, 0.3) is 0 Å². The molecule has 1 saturated heterocycles. The molecule has 1 aliphatic heterocycles. The summed E-state index contributed by atoms with van der Waals surface area (Å²) in [4.78, 5) is 12.3. The van der Waals surface area contributed by atoms with Crippen molar-refractivity contribution in [1.82, 2.24) is 19.4 Å². The van der Waals surface area contributed by atoms with Crippen molar-refractivity contribution < 1.29 is 13.2 Å². The summed E-state index contributed by atoms with van der Waals surface area (Å²) in [5, 5.41) is 7.31. The lowest BCUT2D eigenvalue weighted by Crippen LogP contribution is -2.46. The van der Waals surface area contributed by atoms with Gasteiger partial charge in [-0.05, 0) is 19.8 Å². The van der Waals surface area contributed by atoms with Gasteiger partial charge in [-0.2, -0.15) is 5.10 Å². The van der Waals surface area contributed by atoms with Gasteiger partial charge < -0.3 is 5.32 Å².